The molecule has 2 aliphatic heterocycles. The minimum atomic E-state index is -3.75. The first-order chi connectivity index (χ1) is 31.8. The molecule has 3 unspecified atom stereocenters. The summed E-state index contributed by atoms with van der Waals surface area (Å²) in [6.07, 6.45) is -5.04. The highest BCUT2D eigenvalue weighted by atomic mass is 32.5. The highest BCUT2D eigenvalue weighted by Gasteiger charge is 2.51. The van der Waals surface area contributed by atoms with Gasteiger partial charge in [0.2, 0.25) is 0 Å². The molecular formula is C41H42F2N10O10P2S. The van der Waals surface area contributed by atoms with Crippen LogP contribution in [0.3, 0.4) is 0 Å². The van der Waals surface area contributed by atoms with E-state index in [-0.39, 0.29) is 53.0 Å². The largest absolute Gasteiger partial charge is 0.394 e. The predicted octanol–water partition coefficient (Wildman–Crippen LogP) is 4.90. The maximum absolute atomic E-state index is 16.6. The van der Waals surface area contributed by atoms with Crippen molar-refractivity contribution in [2.75, 3.05) is 42.8 Å². The van der Waals surface area contributed by atoms with E-state index in [1.165, 1.54) is 63.1 Å². The minimum Gasteiger partial charge on any atom is -0.394 e. The number of ether oxygens (including phenoxy) is 2. The molecule has 8 rings (SSSR count). The van der Waals surface area contributed by atoms with Crippen LogP contribution in [0, 0.1) is 0 Å². The van der Waals surface area contributed by atoms with Crippen molar-refractivity contribution in [2.24, 2.45) is 0 Å². The third kappa shape index (κ3) is 9.36. The van der Waals surface area contributed by atoms with Gasteiger partial charge in [-0.25, -0.2) is 38.7 Å². The van der Waals surface area contributed by atoms with Crippen LogP contribution >= 0.6 is 14.7 Å². The number of carbonyl (C=O) groups is 2. The van der Waals surface area contributed by atoms with Gasteiger partial charge in [0.25, 0.3) is 11.8 Å². The zero-order valence-electron chi connectivity index (χ0n) is 34.8. The molecular weight excluding hydrogens is 925 g/mol. The molecule has 25 heteroatoms. The molecule has 2 aromatic carbocycles. The van der Waals surface area contributed by atoms with Crippen molar-refractivity contribution >= 4 is 72.3 Å². The van der Waals surface area contributed by atoms with E-state index in [1.807, 2.05) is 0 Å². The maximum atomic E-state index is 16.6. The second kappa shape index (κ2) is 20.1. The number of amides is 2. The molecule has 20 nitrogen and oxygen atoms in total. The lowest BCUT2D eigenvalue weighted by Crippen LogP contribution is -2.34. The van der Waals surface area contributed by atoms with E-state index in [4.69, 9.17) is 34.9 Å². The Hall–Kier alpha value is -5.58. The molecule has 6 heterocycles. The van der Waals surface area contributed by atoms with Crippen LogP contribution in [-0.4, -0.2) is 131 Å². The second-order valence-electron chi connectivity index (χ2n) is 14.9. The summed E-state index contributed by atoms with van der Waals surface area (Å²) in [5, 5.41) is 10.3. The molecule has 0 bridgehead atoms. The number of imidazole rings is 2. The lowest BCUT2D eigenvalue weighted by atomic mass is 10.1. The molecule has 0 spiro atoms. The van der Waals surface area contributed by atoms with Gasteiger partial charge in [0.15, 0.2) is 65.3 Å². The number of alkyl halides is 2. The van der Waals surface area contributed by atoms with Crippen molar-refractivity contribution in [1.29, 1.82) is 0 Å². The first kappa shape index (κ1) is 46.9. The molecule has 2 saturated heterocycles. The fourth-order valence-electron chi connectivity index (χ4n) is 7.67. The van der Waals surface area contributed by atoms with E-state index in [0.29, 0.717) is 11.1 Å². The Kier molecular flexibility index (Phi) is 14.3. The maximum Gasteiger partial charge on any atom is 0.317 e. The Labute approximate surface area is 380 Å². The number of aliphatic hydroxyl groups is 1. The van der Waals surface area contributed by atoms with E-state index in [2.05, 4.69) is 43.1 Å². The number of halogens is 2. The molecule has 2 fully saturated rings. The lowest BCUT2D eigenvalue weighted by molar-refractivity contribution is -0.0477. The smallest absolute Gasteiger partial charge is 0.317 e. The average Bonchev–Trinajstić information content (AvgIpc) is 4.10. The topological polar surface area (TPSA) is 231 Å². The highest BCUT2D eigenvalue weighted by molar-refractivity contribution is 8.09. The van der Waals surface area contributed by atoms with Crippen LogP contribution in [0.2, 0.25) is 0 Å². The summed E-state index contributed by atoms with van der Waals surface area (Å²) in [4.78, 5) is 65.6. The lowest BCUT2D eigenvalue weighted by Gasteiger charge is -2.27. The van der Waals surface area contributed by atoms with E-state index in [1.54, 1.807) is 60.7 Å². The summed E-state index contributed by atoms with van der Waals surface area (Å²) in [6.45, 7) is 4.21. The van der Waals surface area contributed by atoms with Crippen LogP contribution in [-0.2, 0) is 39.4 Å². The number of anilines is 2. The summed E-state index contributed by atoms with van der Waals surface area (Å²) in [6, 6.07) is 17.0. The van der Waals surface area contributed by atoms with Gasteiger partial charge >= 0.3 is 8.25 Å². The SMILES string of the molecule is C=CCN(C(=O)c1ccccc1)c1ncnc2c1ncn2C1O[C@H](CO)[C@@H](OP(C)(=S)OC[C@H]2O[C@@H](n3cnc4c(N(CC=C)C(=O)c5ccccc5)ncnc43)[C@H](F)[C@@H]2O[PH](=O)O)[C@H]1F. The van der Waals surface area contributed by atoms with Crippen molar-refractivity contribution in [3.8, 4) is 0 Å². The second-order valence-corrected chi connectivity index (χ2v) is 19.6. The summed E-state index contributed by atoms with van der Waals surface area (Å²) in [7, 11) is -3.75. The van der Waals surface area contributed by atoms with Gasteiger partial charge in [-0.15, -0.1) is 13.2 Å². The number of hydrogen-bond acceptors (Lipinski definition) is 16. The molecule has 4 aromatic heterocycles. The van der Waals surface area contributed by atoms with Crippen LogP contribution in [0.25, 0.3) is 22.3 Å². The number of aliphatic hydroxyl groups excluding tert-OH is 1. The van der Waals surface area contributed by atoms with Crippen LogP contribution in [0.15, 0.2) is 111 Å². The zero-order chi connectivity index (χ0) is 46.7. The zero-order valence-corrected chi connectivity index (χ0v) is 37.6. The number of nitrogens with zero attached hydrogens (tertiary/aromatic N) is 10. The fourth-order valence-corrected chi connectivity index (χ4v) is 9.84. The van der Waals surface area contributed by atoms with Crippen LogP contribution < -0.4 is 9.80 Å². The third-order valence-electron chi connectivity index (χ3n) is 10.6. The Balaban J connectivity index is 0.991. The molecule has 6 aromatic rings. The van der Waals surface area contributed by atoms with Gasteiger partial charge < -0.3 is 33.0 Å². The molecule has 0 radical (unpaired) electrons. The quantitative estimate of drug-likeness (QED) is 0.0861. The van der Waals surface area contributed by atoms with Gasteiger partial charge in [-0.05, 0) is 36.1 Å². The standard InChI is InChI=1S/C41H42F2N10O10P2S/c1-4-16-50(38(55)24-12-8-6-9-13-24)34-30-36(46-20-44-34)52(22-48-30)40-28(42)32(62-64(57)58)27(61-40)19-59-65(3,66)63-33-26(18-54)60-41(29(33)43)53-23-49-31-35(45-21-47-37(31)53)51(17-5-2)39(56)25-14-10-7-11-15-25/h4-15,20-23,26-29,32-33,40-41,54,64H,1-2,16-19H2,3H3,(H,57,58)/t26-,27-,28-,29-,32-,33-,40-,41?,65?/m1/s1. The van der Waals surface area contributed by atoms with Gasteiger partial charge in [-0.1, -0.05) is 48.6 Å². The summed E-state index contributed by atoms with van der Waals surface area (Å²) >= 11 is 5.68. The van der Waals surface area contributed by atoms with E-state index < -0.39 is 83.1 Å². The van der Waals surface area contributed by atoms with Crippen molar-refractivity contribution in [1.82, 2.24) is 39.0 Å². The first-order valence-corrected chi connectivity index (χ1v) is 24.5. The Morgan fingerprint density at radius 2 is 1.27 bits per heavy atom. The van der Waals surface area contributed by atoms with Crippen LogP contribution in [0.5, 0.6) is 0 Å². The Bertz CT molecular complexity index is 2810. The summed E-state index contributed by atoms with van der Waals surface area (Å²) in [5.41, 5.74) is 1.19. The third-order valence-corrected chi connectivity index (χ3v) is 12.9. The Morgan fingerprint density at radius 1 is 0.803 bits per heavy atom. The predicted molar refractivity (Wildman–Crippen MR) is 239 cm³/mol. The average molecular weight is 967 g/mol. The molecule has 346 valence electrons. The van der Waals surface area contributed by atoms with E-state index in [0.717, 1.165) is 0 Å². The number of rotatable bonds is 18. The highest BCUT2D eigenvalue weighted by Crippen LogP contribution is 2.51. The Morgan fingerprint density at radius 3 is 1.73 bits per heavy atom. The van der Waals surface area contributed by atoms with Gasteiger partial charge in [0.05, 0.1) is 25.9 Å². The fraction of sp³-hybridized carbons (Fsp3) is 0.317. The molecule has 0 saturated carbocycles. The molecule has 66 heavy (non-hydrogen) atoms. The van der Waals surface area contributed by atoms with Gasteiger partial charge in [0, 0.05) is 30.9 Å². The number of fused-ring (bicyclic) bond motifs is 2. The summed E-state index contributed by atoms with van der Waals surface area (Å²) < 4.78 is 76.7. The van der Waals surface area contributed by atoms with E-state index >= 15 is 8.78 Å². The molecule has 10 atom stereocenters. The molecule has 2 amide bonds. The monoisotopic (exact) mass is 966 g/mol. The normalized spacial score (nSPS) is 24.3. The molecule has 2 N–H and O–H groups in total. The van der Waals surface area contributed by atoms with Crippen LogP contribution in [0.1, 0.15) is 33.2 Å². The minimum absolute atomic E-state index is 0.0452. The summed E-state index contributed by atoms with van der Waals surface area (Å²) in [5.74, 6) is -0.558. The van der Waals surface area contributed by atoms with Gasteiger partial charge in [-0.2, -0.15) is 0 Å². The van der Waals surface area contributed by atoms with Crippen molar-refractivity contribution in [3.63, 3.8) is 0 Å². The number of benzene rings is 2. The number of carbonyl (C=O) groups excluding carboxylic acids is 2. The number of hydrogen-bond donors (Lipinski definition) is 2. The van der Waals surface area contributed by atoms with Crippen molar-refractivity contribution in [3.05, 3.63) is 122 Å². The van der Waals surface area contributed by atoms with Gasteiger partial charge in [0.1, 0.15) is 37.1 Å². The van der Waals surface area contributed by atoms with Gasteiger partial charge in [-0.3, -0.25) is 33.1 Å². The van der Waals surface area contributed by atoms with E-state index in [9.17, 15) is 24.2 Å². The van der Waals surface area contributed by atoms with Crippen LogP contribution in [0.4, 0.5) is 20.4 Å². The molecule has 2 aliphatic rings. The van der Waals surface area contributed by atoms with Crippen molar-refractivity contribution < 1.29 is 56.0 Å². The van der Waals surface area contributed by atoms with Crippen molar-refractivity contribution in [2.45, 2.75) is 49.2 Å². The number of aromatic nitrogens is 8. The molecule has 0 aliphatic carbocycles. The first-order valence-electron chi connectivity index (χ1n) is 20.2.